The van der Waals surface area contributed by atoms with Crippen LogP contribution in [-0.2, 0) is 0 Å². The number of hydrogen-bond acceptors (Lipinski definition) is 3. The summed E-state index contributed by atoms with van der Waals surface area (Å²) in [4.78, 5) is 25.2. The predicted octanol–water partition coefficient (Wildman–Crippen LogP) is 0.219. The summed E-state index contributed by atoms with van der Waals surface area (Å²) in [5.74, 6) is -0.565. The van der Waals surface area contributed by atoms with Gasteiger partial charge in [-0.15, -0.1) is 0 Å². The molecule has 1 aliphatic heterocycles. The van der Waals surface area contributed by atoms with Crippen LogP contribution >= 0.6 is 0 Å². The van der Waals surface area contributed by atoms with Crippen LogP contribution in [0, 0.1) is 0 Å². The van der Waals surface area contributed by atoms with Gasteiger partial charge in [0, 0.05) is 36.8 Å². The molecule has 1 aliphatic rings. The summed E-state index contributed by atoms with van der Waals surface area (Å²) in [6.07, 6.45) is 0. The number of carbonyl (C=O) groups is 2. The van der Waals surface area contributed by atoms with E-state index in [1.165, 1.54) is 0 Å². The average molecular weight is 247 g/mol. The SMILES string of the molecule is C[C@@H]1CN(C(=O)c2cccc(C(N)=O)c2)CCN1. The molecule has 2 amide bonds. The summed E-state index contributed by atoms with van der Waals surface area (Å²) in [6, 6.07) is 6.85. The lowest BCUT2D eigenvalue weighted by Gasteiger charge is -2.32. The molecule has 5 nitrogen and oxygen atoms in total. The van der Waals surface area contributed by atoms with E-state index >= 15 is 0 Å². The quantitative estimate of drug-likeness (QED) is 0.785. The third-order valence-electron chi connectivity index (χ3n) is 3.05. The number of nitrogens with zero attached hydrogens (tertiary/aromatic N) is 1. The van der Waals surface area contributed by atoms with E-state index in [1.807, 2.05) is 6.92 Å². The van der Waals surface area contributed by atoms with Gasteiger partial charge in [0.05, 0.1) is 0 Å². The Balaban J connectivity index is 2.17. The zero-order valence-corrected chi connectivity index (χ0v) is 10.3. The molecule has 0 spiro atoms. The molecule has 0 radical (unpaired) electrons. The number of carbonyl (C=O) groups excluding carboxylic acids is 2. The van der Waals surface area contributed by atoms with Crippen molar-refractivity contribution in [1.29, 1.82) is 0 Å². The maximum atomic E-state index is 12.3. The van der Waals surface area contributed by atoms with E-state index in [0.717, 1.165) is 6.54 Å². The van der Waals surface area contributed by atoms with Gasteiger partial charge >= 0.3 is 0 Å². The van der Waals surface area contributed by atoms with Gasteiger partial charge in [0.25, 0.3) is 5.91 Å². The number of nitrogens with one attached hydrogen (secondary N) is 1. The van der Waals surface area contributed by atoms with Crippen molar-refractivity contribution in [1.82, 2.24) is 10.2 Å². The molecule has 2 rings (SSSR count). The van der Waals surface area contributed by atoms with Crippen molar-refractivity contribution in [3.63, 3.8) is 0 Å². The van der Waals surface area contributed by atoms with E-state index in [0.29, 0.717) is 30.3 Å². The van der Waals surface area contributed by atoms with Gasteiger partial charge in [-0.2, -0.15) is 0 Å². The van der Waals surface area contributed by atoms with Gasteiger partial charge < -0.3 is 16.0 Å². The van der Waals surface area contributed by atoms with Crippen molar-refractivity contribution in [2.45, 2.75) is 13.0 Å². The fourth-order valence-corrected chi connectivity index (χ4v) is 2.10. The van der Waals surface area contributed by atoms with Crippen molar-refractivity contribution in [2.75, 3.05) is 19.6 Å². The van der Waals surface area contributed by atoms with Crippen molar-refractivity contribution in [3.8, 4) is 0 Å². The highest BCUT2D eigenvalue weighted by atomic mass is 16.2. The molecule has 18 heavy (non-hydrogen) atoms. The minimum absolute atomic E-state index is 0.0496. The first-order valence-electron chi connectivity index (χ1n) is 6.00. The van der Waals surface area contributed by atoms with Crippen molar-refractivity contribution < 1.29 is 9.59 Å². The van der Waals surface area contributed by atoms with Gasteiger partial charge in [-0.1, -0.05) is 6.07 Å². The smallest absolute Gasteiger partial charge is 0.253 e. The highest BCUT2D eigenvalue weighted by Crippen LogP contribution is 2.10. The lowest BCUT2D eigenvalue weighted by atomic mass is 10.1. The van der Waals surface area contributed by atoms with Gasteiger partial charge in [-0.3, -0.25) is 9.59 Å². The lowest BCUT2D eigenvalue weighted by Crippen LogP contribution is -2.51. The molecule has 1 atom stereocenters. The Bertz CT molecular complexity index is 473. The standard InChI is InChI=1S/C13H17N3O2/c1-9-8-16(6-5-15-9)13(18)11-4-2-3-10(7-11)12(14)17/h2-4,7,9,15H,5-6,8H2,1H3,(H2,14,17)/t9-/m1/s1. The van der Waals surface area contributed by atoms with Crippen molar-refractivity contribution in [3.05, 3.63) is 35.4 Å². The zero-order chi connectivity index (χ0) is 13.1. The Morgan fingerprint density at radius 1 is 1.39 bits per heavy atom. The van der Waals surface area contributed by atoms with Gasteiger partial charge in [0.2, 0.25) is 5.91 Å². The minimum Gasteiger partial charge on any atom is -0.366 e. The Morgan fingerprint density at radius 2 is 2.11 bits per heavy atom. The molecule has 3 N–H and O–H groups in total. The molecule has 0 saturated carbocycles. The number of amides is 2. The Hall–Kier alpha value is -1.88. The third kappa shape index (κ3) is 2.68. The summed E-state index contributed by atoms with van der Waals surface area (Å²) >= 11 is 0. The lowest BCUT2D eigenvalue weighted by molar-refractivity contribution is 0.0709. The number of piperazine rings is 1. The second-order valence-electron chi connectivity index (χ2n) is 4.55. The van der Waals surface area contributed by atoms with Crippen LogP contribution in [0.4, 0.5) is 0 Å². The largest absolute Gasteiger partial charge is 0.366 e. The highest BCUT2D eigenvalue weighted by molar-refractivity contribution is 5.99. The molecule has 0 aliphatic carbocycles. The van der Waals surface area contributed by atoms with Gasteiger partial charge in [-0.05, 0) is 25.1 Å². The van der Waals surface area contributed by atoms with E-state index in [-0.39, 0.29) is 5.91 Å². The highest BCUT2D eigenvalue weighted by Gasteiger charge is 2.21. The number of nitrogens with two attached hydrogens (primary N) is 1. The van der Waals surface area contributed by atoms with E-state index in [1.54, 1.807) is 29.2 Å². The molecule has 1 saturated heterocycles. The fourth-order valence-electron chi connectivity index (χ4n) is 2.10. The minimum atomic E-state index is -0.515. The van der Waals surface area contributed by atoms with Crippen LogP contribution in [0.3, 0.4) is 0 Å². The van der Waals surface area contributed by atoms with Crippen molar-refractivity contribution >= 4 is 11.8 Å². The van der Waals surface area contributed by atoms with E-state index in [9.17, 15) is 9.59 Å². The number of benzene rings is 1. The van der Waals surface area contributed by atoms with Crippen LogP contribution in [-0.4, -0.2) is 42.4 Å². The number of rotatable bonds is 2. The summed E-state index contributed by atoms with van der Waals surface area (Å²) < 4.78 is 0. The monoisotopic (exact) mass is 247 g/mol. The first kappa shape index (κ1) is 12.6. The Labute approximate surface area is 106 Å². The molecule has 0 unspecified atom stereocenters. The molecule has 96 valence electrons. The first-order valence-corrected chi connectivity index (χ1v) is 6.00. The van der Waals surface area contributed by atoms with E-state index in [2.05, 4.69) is 5.32 Å². The number of primary amides is 1. The van der Waals surface area contributed by atoms with Crippen molar-refractivity contribution in [2.24, 2.45) is 5.73 Å². The number of hydrogen-bond donors (Lipinski definition) is 2. The summed E-state index contributed by atoms with van der Waals surface area (Å²) in [7, 11) is 0. The van der Waals surface area contributed by atoms with E-state index in [4.69, 9.17) is 5.73 Å². The zero-order valence-electron chi connectivity index (χ0n) is 10.3. The predicted molar refractivity (Wildman–Crippen MR) is 68.3 cm³/mol. The fraction of sp³-hybridized carbons (Fsp3) is 0.385. The van der Waals surface area contributed by atoms with Crippen LogP contribution < -0.4 is 11.1 Å². The first-order chi connectivity index (χ1) is 8.58. The summed E-state index contributed by atoms with van der Waals surface area (Å²) in [5, 5.41) is 3.28. The molecule has 1 aromatic rings. The van der Waals surface area contributed by atoms with Gasteiger partial charge in [-0.25, -0.2) is 0 Å². The maximum Gasteiger partial charge on any atom is 0.253 e. The van der Waals surface area contributed by atoms with Gasteiger partial charge in [0.15, 0.2) is 0 Å². The Kier molecular flexibility index (Phi) is 3.62. The van der Waals surface area contributed by atoms with Crippen LogP contribution in [0.1, 0.15) is 27.6 Å². The van der Waals surface area contributed by atoms with E-state index < -0.39 is 5.91 Å². The second kappa shape index (κ2) is 5.18. The Morgan fingerprint density at radius 3 is 2.78 bits per heavy atom. The average Bonchev–Trinajstić information content (AvgIpc) is 2.38. The van der Waals surface area contributed by atoms with Crippen LogP contribution in [0.25, 0.3) is 0 Å². The maximum absolute atomic E-state index is 12.3. The van der Waals surface area contributed by atoms with Crippen LogP contribution in [0.15, 0.2) is 24.3 Å². The second-order valence-corrected chi connectivity index (χ2v) is 4.55. The topological polar surface area (TPSA) is 75.4 Å². The molecule has 1 fully saturated rings. The molecule has 1 heterocycles. The molecule has 5 heteroatoms. The molecule has 0 bridgehead atoms. The third-order valence-corrected chi connectivity index (χ3v) is 3.05. The normalized spacial score (nSPS) is 19.6. The summed E-state index contributed by atoms with van der Waals surface area (Å²) in [5.41, 5.74) is 6.09. The van der Waals surface area contributed by atoms with Crippen LogP contribution in [0.5, 0.6) is 0 Å². The van der Waals surface area contributed by atoms with Gasteiger partial charge in [0.1, 0.15) is 0 Å². The molecular weight excluding hydrogens is 230 g/mol. The molecule has 1 aromatic carbocycles. The molecular formula is C13H17N3O2. The molecule has 0 aromatic heterocycles. The van der Waals surface area contributed by atoms with Crippen LogP contribution in [0.2, 0.25) is 0 Å². The summed E-state index contributed by atoms with van der Waals surface area (Å²) in [6.45, 7) is 4.20.